The monoisotopic (exact) mass is 1090 g/mol. The molecule has 2 atom stereocenters. The zero-order chi connectivity index (χ0) is 55.0. The van der Waals surface area contributed by atoms with Crippen molar-refractivity contribution in [3.63, 3.8) is 0 Å². The molecule has 2 fully saturated rings. The first-order chi connectivity index (χ1) is 34.3. The van der Waals surface area contributed by atoms with Gasteiger partial charge in [0.2, 0.25) is 48.5 Å². The maximum absolute atomic E-state index is 13.7. The third-order valence-corrected chi connectivity index (χ3v) is 27.3. The maximum Gasteiger partial charge on any atom is 0.250 e. The summed E-state index contributed by atoms with van der Waals surface area (Å²) in [5.41, 5.74) is 10.0. The standard InChI is InChI=1S/C29H45N3O6S2Si.C27H41N3O2Si/c1-29(2,3)41(7,8)38-25-17-15-23(16-18-25)27(22-31-19-11-12-20-31)30(4)28(33)21-24-13-9-10-14-26(24)32(39(5,34)35)40(6,36)37;1-27(2,3)33(5,6)32-23-15-13-21(14-16-23)25(20-30-17-9-10-18-30)29(4)26(31)19-22-11-7-8-12-24(22)28/h9-10,13-18,27H,11-12,19-22H2,1-8H3;7-8,11-16,25H,9-10,17-20,28H2,1-6H3/t27-;25-/m11/s1. The van der Waals surface area contributed by atoms with Crippen LogP contribution in [0.5, 0.6) is 11.5 Å². The highest BCUT2D eigenvalue weighted by Gasteiger charge is 2.40. The summed E-state index contributed by atoms with van der Waals surface area (Å²) in [4.78, 5) is 35.4. The smallest absolute Gasteiger partial charge is 0.250 e. The molecule has 0 bridgehead atoms. The molecular formula is C56H86N6O8S2Si2. The Bertz CT molecular complexity index is 2700. The molecule has 2 heterocycles. The second-order valence-corrected chi connectivity index (χ2v) is 36.7. The molecule has 2 saturated heterocycles. The van der Waals surface area contributed by atoms with Gasteiger partial charge in [0.1, 0.15) is 11.5 Å². The first kappa shape index (κ1) is 60.1. The summed E-state index contributed by atoms with van der Waals surface area (Å²) in [5.74, 6) is 1.56. The normalized spacial score (nSPS) is 15.9. The summed E-state index contributed by atoms with van der Waals surface area (Å²) >= 11 is 0. The van der Waals surface area contributed by atoms with Gasteiger partial charge in [-0.05, 0) is 147 Å². The van der Waals surface area contributed by atoms with E-state index in [4.69, 9.17) is 14.6 Å². The van der Waals surface area contributed by atoms with Crippen LogP contribution in [0, 0.1) is 0 Å². The highest BCUT2D eigenvalue weighted by Crippen LogP contribution is 2.39. The molecule has 0 spiro atoms. The number of hydrogen-bond acceptors (Lipinski definition) is 11. The lowest BCUT2D eigenvalue weighted by molar-refractivity contribution is -0.132. The second kappa shape index (κ2) is 24.5. The van der Waals surface area contributed by atoms with E-state index < -0.39 is 36.7 Å². The molecule has 6 rings (SSSR count). The summed E-state index contributed by atoms with van der Waals surface area (Å²) in [6, 6.07) is 29.9. The van der Waals surface area contributed by atoms with Crippen LogP contribution in [0.15, 0.2) is 97.1 Å². The zero-order valence-corrected chi connectivity index (χ0v) is 50.4. The lowest BCUT2D eigenvalue weighted by Gasteiger charge is -2.36. The van der Waals surface area contributed by atoms with Crippen molar-refractivity contribution in [2.75, 3.05) is 75.3 Å². The minimum absolute atomic E-state index is 0.0116. The van der Waals surface area contributed by atoms with Gasteiger partial charge in [0.15, 0.2) is 0 Å². The average molecular weight is 1090 g/mol. The third kappa shape index (κ3) is 16.1. The Hall–Kier alpha value is -4.73. The van der Waals surface area contributed by atoms with Gasteiger partial charge < -0.3 is 34.2 Å². The highest BCUT2D eigenvalue weighted by atomic mass is 32.3. The van der Waals surface area contributed by atoms with Crippen LogP contribution < -0.4 is 18.3 Å². The van der Waals surface area contributed by atoms with Crippen molar-refractivity contribution < 1.29 is 35.3 Å². The SMILES string of the molecule is CN(C(=O)Cc1ccccc1N(S(C)(=O)=O)S(C)(=O)=O)[C@H](CN1CCCC1)c1ccc(O[Si](C)(C)C(C)(C)C)cc1.CN(C(=O)Cc1ccccc1N)[C@H](CN1CCCC1)c1ccc(O[Si](C)(C)C(C)(C)C)cc1. The molecule has 408 valence electrons. The van der Waals surface area contributed by atoms with Crippen LogP contribution in [0.3, 0.4) is 0 Å². The van der Waals surface area contributed by atoms with Gasteiger partial charge in [-0.15, -0.1) is 0 Å². The van der Waals surface area contributed by atoms with E-state index in [1.807, 2.05) is 60.5 Å². The van der Waals surface area contributed by atoms with Crippen molar-refractivity contribution >= 4 is 59.9 Å². The summed E-state index contributed by atoms with van der Waals surface area (Å²) in [5, 5.41) is 0.215. The first-order valence-electron chi connectivity index (χ1n) is 25.9. The minimum atomic E-state index is -4.15. The molecule has 0 aliphatic carbocycles. The van der Waals surface area contributed by atoms with Gasteiger partial charge in [0.05, 0.1) is 43.1 Å². The number of benzene rings is 4. The number of carbonyl (C=O) groups is 2. The predicted molar refractivity (Wildman–Crippen MR) is 308 cm³/mol. The number of sulfonamides is 2. The van der Waals surface area contributed by atoms with Gasteiger partial charge >= 0.3 is 0 Å². The number of amides is 2. The van der Waals surface area contributed by atoms with E-state index in [9.17, 15) is 26.4 Å². The molecule has 2 aliphatic heterocycles. The number of nitrogen functional groups attached to an aromatic ring is 1. The van der Waals surface area contributed by atoms with Crippen molar-refractivity contribution in [2.24, 2.45) is 0 Å². The Morgan fingerprint density at radius 1 is 0.568 bits per heavy atom. The summed E-state index contributed by atoms with van der Waals surface area (Å²) in [6.45, 7) is 27.9. The van der Waals surface area contributed by atoms with Crippen molar-refractivity contribution in [2.45, 2.75) is 128 Å². The van der Waals surface area contributed by atoms with Crippen LogP contribution in [0.2, 0.25) is 36.3 Å². The lowest BCUT2D eigenvalue weighted by Crippen LogP contribution is -2.43. The van der Waals surface area contributed by atoms with Crippen LogP contribution >= 0.6 is 0 Å². The highest BCUT2D eigenvalue weighted by molar-refractivity contribution is 8.09. The van der Waals surface area contributed by atoms with E-state index in [1.165, 1.54) is 18.9 Å². The molecule has 0 aromatic heterocycles. The fourth-order valence-corrected chi connectivity index (χ4v) is 13.9. The summed E-state index contributed by atoms with van der Waals surface area (Å²) in [7, 11) is -8.54. The molecule has 2 N–H and O–H groups in total. The van der Waals surface area contributed by atoms with Crippen LogP contribution in [0.25, 0.3) is 0 Å². The Labute approximate surface area is 446 Å². The van der Waals surface area contributed by atoms with Gasteiger partial charge in [-0.1, -0.05) is 102 Å². The maximum atomic E-state index is 13.7. The fraction of sp³-hybridized carbons (Fsp3) is 0.536. The van der Waals surface area contributed by atoms with E-state index >= 15 is 0 Å². The van der Waals surface area contributed by atoms with Gasteiger partial charge in [-0.2, -0.15) is 3.71 Å². The quantitative estimate of drug-likeness (QED) is 0.0702. The number of para-hydroxylation sites is 2. The number of likely N-dealkylation sites (N-methyl/N-ethyl adjacent to an activating group) is 2. The molecule has 2 aliphatic rings. The molecule has 0 radical (unpaired) electrons. The minimum Gasteiger partial charge on any atom is -0.544 e. The molecule has 14 nitrogen and oxygen atoms in total. The van der Waals surface area contributed by atoms with Gasteiger partial charge in [-0.3, -0.25) is 9.59 Å². The van der Waals surface area contributed by atoms with Crippen molar-refractivity contribution in [1.82, 2.24) is 19.6 Å². The largest absolute Gasteiger partial charge is 0.544 e. The van der Waals surface area contributed by atoms with E-state index in [1.54, 1.807) is 30.1 Å². The number of anilines is 2. The Morgan fingerprint density at radius 2 is 0.905 bits per heavy atom. The molecule has 74 heavy (non-hydrogen) atoms. The average Bonchev–Trinajstić information content (AvgIpc) is 4.03. The number of carbonyl (C=O) groups excluding carboxylic acids is 2. The van der Waals surface area contributed by atoms with E-state index in [-0.39, 0.29) is 46.1 Å². The molecule has 0 unspecified atom stereocenters. The molecule has 18 heteroatoms. The van der Waals surface area contributed by atoms with E-state index in [0.717, 1.165) is 86.3 Å². The van der Waals surface area contributed by atoms with Gasteiger partial charge in [-0.25, -0.2) is 16.8 Å². The molecule has 4 aromatic rings. The molecule has 0 saturated carbocycles. The van der Waals surface area contributed by atoms with Gasteiger partial charge in [0.25, 0.3) is 0 Å². The number of nitrogens with zero attached hydrogens (tertiary/aromatic N) is 5. The Balaban J connectivity index is 0.000000280. The summed E-state index contributed by atoms with van der Waals surface area (Å²) < 4.78 is 63.1. The van der Waals surface area contributed by atoms with Gasteiger partial charge in [0, 0.05) is 32.9 Å². The number of hydrogen-bond donors (Lipinski definition) is 1. The van der Waals surface area contributed by atoms with E-state index in [0.29, 0.717) is 27.9 Å². The van der Waals surface area contributed by atoms with Crippen molar-refractivity contribution in [1.29, 1.82) is 0 Å². The molecular weight excluding hydrogens is 1000 g/mol. The zero-order valence-electron chi connectivity index (χ0n) is 46.8. The summed E-state index contributed by atoms with van der Waals surface area (Å²) in [6.07, 6.45) is 6.51. The molecule has 4 aromatic carbocycles. The first-order valence-corrected chi connectivity index (χ1v) is 35.5. The topological polar surface area (TPSA) is 163 Å². The number of nitrogens with two attached hydrogens (primary N) is 1. The van der Waals surface area contributed by atoms with Crippen molar-refractivity contribution in [3.8, 4) is 11.5 Å². The Kier molecular flexibility index (Phi) is 19.9. The van der Waals surface area contributed by atoms with Crippen LogP contribution in [0.1, 0.15) is 102 Å². The fourth-order valence-electron chi connectivity index (χ4n) is 8.79. The van der Waals surface area contributed by atoms with Crippen LogP contribution in [0.4, 0.5) is 11.4 Å². The third-order valence-electron chi connectivity index (χ3n) is 15.4. The Morgan fingerprint density at radius 3 is 1.26 bits per heavy atom. The number of likely N-dealkylation sites (tertiary alicyclic amines) is 2. The van der Waals surface area contributed by atoms with Crippen LogP contribution in [-0.4, -0.2) is 131 Å². The predicted octanol–water partition coefficient (Wildman–Crippen LogP) is 10.1. The second-order valence-electron chi connectivity index (χ2n) is 23.3. The number of rotatable bonds is 19. The van der Waals surface area contributed by atoms with E-state index in [2.05, 4.69) is 102 Å². The van der Waals surface area contributed by atoms with Crippen LogP contribution in [-0.2, 0) is 42.5 Å². The lowest BCUT2D eigenvalue weighted by atomic mass is 10.0. The van der Waals surface area contributed by atoms with Crippen molar-refractivity contribution in [3.05, 3.63) is 119 Å². The molecule has 2 amide bonds.